The van der Waals surface area contributed by atoms with Gasteiger partial charge in [0.25, 0.3) is 0 Å². The van der Waals surface area contributed by atoms with Gasteiger partial charge in [-0.15, -0.1) is 0 Å². The van der Waals surface area contributed by atoms with Crippen LogP contribution in [-0.2, 0) is 4.79 Å². The third-order valence-electron chi connectivity index (χ3n) is 2.59. The molecule has 1 N–H and O–H groups in total. The Labute approximate surface area is 94.2 Å². The first kappa shape index (κ1) is 14.4. The lowest BCUT2D eigenvalue weighted by molar-refractivity contribution is -0.121. The molecule has 0 aliphatic carbocycles. The van der Waals surface area contributed by atoms with E-state index in [2.05, 4.69) is 37.9 Å². The molecule has 0 aromatic carbocycles. The molecule has 0 aliphatic heterocycles. The molecule has 0 spiro atoms. The predicted octanol–water partition coefficient (Wildman–Crippen LogP) is 1.88. The summed E-state index contributed by atoms with van der Waals surface area (Å²) >= 11 is 0. The van der Waals surface area contributed by atoms with E-state index >= 15 is 0 Å². The molecule has 90 valence electrons. The van der Waals surface area contributed by atoms with Crippen molar-refractivity contribution >= 4 is 5.91 Å². The molecular formula is C12H26N2O. The highest BCUT2D eigenvalue weighted by molar-refractivity contribution is 5.75. The van der Waals surface area contributed by atoms with Crippen LogP contribution in [0.4, 0.5) is 0 Å². The van der Waals surface area contributed by atoms with Gasteiger partial charge < -0.3 is 10.2 Å². The first-order valence-electron chi connectivity index (χ1n) is 6.09. The van der Waals surface area contributed by atoms with Crippen LogP contribution in [0.25, 0.3) is 0 Å². The fourth-order valence-corrected chi connectivity index (χ4v) is 1.39. The maximum absolute atomic E-state index is 11.4. The van der Waals surface area contributed by atoms with Crippen molar-refractivity contribution in [2.24, 2.45) is 5.92 Å². The highest BCUT2D eigenvalue weighted by atomic mass is 16.1. The molecule has 0 aromatic rings. The Balaban J connectivity index is 3.48. The van der Waals surface area contributed by atoms with Crippen molar-refractivity contribution in [1.82, 2.24) is 10.2 Å². The average Bonchev–Trinajstić information content (AvgIpc) is 2.18. The Hall–Kier alpha value is -0.570. The lowest BCUT2D eigenvalue weighted by Crippen LogP contribution is -2.31. The van der Waals surface area contributed by atoms with Crippen LogP contribution in [0.5, 0.6) is 0 Å². The topological polar surface area (TPSA) is 32.3 Å². The number of hydrogen-bond donors (Lipinski definition) is 1. The fourth-order valence-electron chi connectivity index (χ4n) is 1.39. The lowest BCUT2D eigenvalue weighted by atomic mass is 10.1. The monoisotopic (exact) mass is 214 g/mol. The Bertz CT molecular complexity index is 165. The number of carbonyl (C=O) groups is 1. The van der Waals surface area contributed by atoms with Crippen LogP contribution in [0.2, 0.25) is 0 Å². The molecule has 1 amide bonds. The lowest BCUT2D eigenvalue weighted by Gasteiger charge is -2.17. The Morgan fingerprint density at radius 2 is 1.87 bits per heavy atom. The summed E-state index contributed by atoms with van der Waals surface area (Å²) in [5, 5.41) is 2.95. The first-order valence-corrected chi connectivity index (χ1v) is 6.09. The van der Waals surface area contributed by atoms with Crippen LogP contribution in [0.1, 0.15) is 40.5 Å². The van der Waals surface area contributed by atoms with Gasteiger partial charge >= 0.3 is 0 Å². The molecule has 0 fully saturated rings. The minimum Gasteiger partial charge on any atom is -0.356 e. The maximum Gasteiger partial charge on any atom is 0.221 e. The zero-order valence-electron chi connectivity index (χ0n) is 10.7. The van der Waals surface area contributed by atoms with Crippen LogP contribution >= 0.6 is 0 Å². The largest absolute Gasteiger partial charge is 0.356 e. The van der Waals surface area contributed by atoms with Crippen LogP contribution in [0.3, 0.4) is 0 Å². The fraction of sp³-hybridized carbons (Fsp3) is 0.917. The zero-order valence-corrected chi connectivity index (χ0v) is 10.7. The van der Waals surface area contributed by atoms with Crippen LogP contribution in [0, 0.1) is 5.92 Å². The van der Waals surface area contributed by atoms with E-state index < -0.39 is 0 Å². The number of nitrogens with zero attached hydrogens (tertiary/aromatic N) is 1. The van der Waals surface area contributed by atoms with E-state index in [1.807, 2.05) is 0 Å². The molecule has 15 heavy (non-hydrogen) atoms. The van der Waals surface area contributed by atoms with E-state index in [1.54, 1.807) is 0 Å². The normalized spacial score (nSPS) is 11.1. The summed E-state index contributed by atoms with van der Waals surface area (Å²) in [6, 6.07) is 0. The second kappa shape index (κ2) is 8.72. The number of carbonyl (C=O) groups excluding carboxylic acids is 1. The summed E-state index contributed by atoms with van der Waals surface area (Å²) in [7, 11) is 0. The quantitative estimate of drug-likeness (QED) is 0.669. The maximum atomic E-state index is 11.4. The van der Waals surface area contributed by atoms with Gasteiger partial charge in [0.2, 0.25) is 5.91 Å². The molecule has 0 rings (SSSR count). The van der Waals surface area contributed by atoms with Crippen molar-refractivity contribution in [3.05, 3.63) is 0 Å². The SMILES string of the molecule is CCN(CC)CCC(=O)NCCC(C)C. The molecule has 0 unspecified atom stereocenters. The smallest absolute Gasteiger partial charge is 0.221 e. The molecule has 0 saturated heterocycles. The third kappa shape index (κ3) is 8.43. The Morgan fingerprint density at radius 1 is 1.27 bits per heavy atom. The van der Waals surface area contributed by atoms with Gasteiger partial charge in [0.1, 0.15) is 0 Å². The van der Waals surface area contributed by atoms with E-state index in [-0.39, 0.29) is 5.91 Å². The van der Waals surface area contributed by atoms with Crippen molar-refractivity contribution in [2.45, 2.75) is 40.5 Å². The van der Waals surface area contributed by atoms with Gasteiger partial charge in [0, 0.05) is 19.5 Å². The minimum absolute atomic E-state index is 0.183. The van der Waals surface area contributed by atoms with Crippen LogP contribution in [0.15, 0.2) is 0 Å². The number of rotatable bonds is 8. The van der Waals surface area contributed by atoms with Gasteiger partial charge in [-0.2, -0.15) is 0 Å². The van der Waals surface area contributed by atoms with E-state index in [4.69, 9.17) is 0 Å². The van der Waals surface area contributed by atoms with Crippen LogP contribution < -0.4 is 5.32 Å². The predicted molar refractivity (Wildman–Crippen MR) is 64.9 cm³/mol. The molecule has 0 atom stereocenters. The van der Waals surface area contributed by atoms with Crippen molar-refractivity contribution in [2.75, 3.05) is 26.2 Å². The summed E-state index contributed by atoms with van der Waals surface area (Å²) in [6.07, 6.45) is 1.69. The second-order valence-corrected chi connectivity index (χ2v) is 4.31. The minimum atomic E-state index is 0.183. The van der Waals surface area contributed by atoms with Gasteiger partial charge in [-0.25, -0.2) is 0 Å². The molecular weight excluding hydrogens is 188 g/mol. The van der Waals surface area contributed by atoms with Gasteiger partial charge in [0.05, 0.1) is 0 Å². The van der Waals surface area contributed by atoms with E-state index in [1.165, 1.54) is 0 Å². The third-order valence-corrected chi connectivity index (χ3v) is 2.59. The van der Waals surface area contributed by atoms with Crippen molar-refractivity contribution in [3.8, 4) is 0 Å². The molecule has 0 aliphatic rings. The van der Waals surface area contributed by atoms with Gasteiger partial charge in [0.15, 0.2) is 0 Å². The summed E-state index contributed by atoms with van der Waals surface area (Å²) in [6.45, 7) is 12.3. The van der Waals surface area contributed by atoms with Crippen LogP contribution in [-0.4, -0.2) is 37.0 Å². The molecule has 0 saturated carbocycles. The molecule has 3 nitrogen and oxygen atoms in total. The number of hydrogen-bond acceptors (Lipinski definition) is 2. The van der Waals surface area contributed by atoms with Gasteiger partial charge in [-0.1, -0.05) is 27.7 Å². The van der Waals surface area contributed by atoms with Gasteiger partial charge in [-0.05, 0) is 25.4 Å². The van der Waals surface area contributed by atoms with E-state index in [9.17, 15) is 4.79 Å². The summed E-state index contributed by atoms with van der Waals surface area (Å²) < 4.78 is 0. The molecule has 0 bridgehead atoms. The Kier molecular flexibility index (Phi) is 8.38. The average molecular weight is 214 g/mol. The van der Waals surface area contributed by atoms with Crippen molar-refractivity contribution in [3.63, 3.8) is 0 Å². The zero-order chi connectivity index (χ0) is 11.7. The summed E-state index contributed by atoms with van der Waals surface area (Å²) in [5.41, 5.74) is 0. The number of nitrogens with one attached hydrogen (secondary N) is 1. The Morgan fingerprint density at radius 3 is 2.33 bits per heavy atom. The molecule has 0 radical (unpaired) electrons. The van der Waals surface area contributed by atoms with Crippen molar-refractivity contribution < 1.29 is 4.79 Å². The highest BCUT2D eigenvalue weighted by Gasteiger charge is 2.04. The molecule has 3 heteroatoms. The second-order valence-electron chi connectivity index (χ2n) is 4.31. The first-order chi connectivity index (χ1) is 7.10. The van der Waals surface area contributed by atoms with Gasteiger partial charge in [-0.3, -0.25) is 4.79 Å². The number of amides is 1. The molecule has 0 heterocycles. The van der Waals surface area contributed by atoms with E-state index in [0.717, 1.165) is 32.6 Å². The standard InChI is InChI=1S/C12H26N2O/c1-5-14(6-2)10-8-12(15)13-9-7-11(3)4/h11H,5-10H2,1-4H3,(H,13,15). The highest BCUT2D eigenvalue weighted by Crippen LogP contribution is 1.97. The van der Waals surface area contributed by atoms with Crippen molar-refractivity contribution in [1.29, 1.82) is 0 Å². The molecule has 0 aromatic heterocycles. The summed E-state index contributed by atoms with van der Waals surface area (Å²) in [5.74, 6) is 0.843. The summed E-state index contributed by atoms with van der Waals surface area (Å²) in [4.78, 5) is 13.7. The van der Waals surface area contributed by atoms with E-state index in [0.29, 0.717) is 12.3 Å².